The number of carbonyl (C=O) groups excluding carboxylic acids is 12. The van der Waals surface area contributed by atoms with Crippen molar-refractivity contribution in [3.8, 4) is 11.5 Å². The molecule has 9 atom stereocenters. The Labute approximate surface area is 837 Å². The SMILES string of the molecule is CNC(=O)C(CC(=O)O)NC(=O)[C@H](CC(=O)O)NC(=O)[C@H](CCCN=C(N)N)NC(=O)[C@H](CC(=O)O)NC(=O)CC[C@H](NC(=O)c1ccc(NCc2cnc3nc(N)[nH]c(=O)c3n2)cc1)C(=O)O.COc1ccc(C(OCC/C(C)=N\NC(=O)Nc2ccc3[nH]c(C(=O)Nc4ccc5[nH]c(C(=O)N6CC(CCl)c7c6cc(OC(C)=O)c6ccccc76)cc5c4)cc3c2)OCCN2C(=O)CC(SC[C@@H](C)C(=O)O)C2=O)cc1. The van der Waals surface area contributed by atoms with Crippen LogP contribution < -0.4 is 90.4 Å². The second-order valence-electron chi connectivity index (χ2n) is 33.3. The molecular weight excluding hydrogens is 1950 g/mol. The molecule has 1 saturated heterocycles. The number of likely N-dealkylation sites (tertiary alicyclic amines) is 1. The van der Waals surface area contributed by atoms with E-state index in [4.69, 9.17) is 52.9 Å². The van der Waals surface area contributed by atoms with Crippen molar-refractivity contribution in [1.82, 2.24) is 72.1 Å². The predicted molar refractivity (Wildman–Crippen MR) is 530 cm³/mol. The fourth-order valence-corrected chi connectivity index (χ4v) is 16.6. The van der Waals surface area contributed by atoms with Gasteiger partial charge >= 0.3 is 41.8 Å². The second kappa shape index (κ2) is 50.9. The molecule has 24 N–H and O–H groups in total. The number of benzene rings is 6. The third-order valence-electron chi connectivity index (χ3n) is 22.5. The number of H-pyrrole nitrogens is 3. The summed E-state index contributed by atoms with van der Waals surface area (Å²) >= 11 is 7.63. The van der Waals surface area contributed by atoms with Crippen molar-refractivity contribution >= 4 is 208 Å². The number of esters is 1. The summed E-state index contributed by atoms with van der Waals surface area (Å²) < 4.78 is 23.0. The van der Waals surface area contributed by atoms with Crippen molar-refractivity contribution in [1.29, 1.82) is 0 Å². The summed E-state index contributed by atoms with van der Waals surface area (Å²) in [5.74, 6) is -15.6. The van der Waals surface area contributed by atoms with Crippen LogP contribution in [0, 0.1) is 5.92 Å². The average molecular weight is 2060 g/mol. The molecule has 50 nitrogen and oxygen atoms in total. The van der Waals surface area contributed by atoms with E-state index in [1.54, 1.807) is 105 Å². The van der Waals surface area contributed by atoms with E-state index in [9.17, 15) is 107 Å². The average Bonchev–Trinajstić information content (AvgIpc) is 1.58. The van der Waals surface area contributed by atoms with Crippen LogP contribution in [-0.2, 0) is 78.3 Å². The Bertz CT molecular complexity index is 6770. The van der Waals surface area contributed by atoms with Gasteiger partial charge in [-0.05, 0) is 122 Å². The number of methoxy groups -OCH3 is 1. The molecule has 0 radical (unpaired) electrons. The number of nitrogens with two attached hydrogens (primary N) is 3. The Kier molecular flexibility index (Phi) is 38.1. The lowest BCUT2D eigenvalue weighted by Crippen LogP contribution is -2.58. The maximum Gasteiger partial charge on any atom is 0.339 e. The first-order chi connectivity index (χ1) is 69.6. The van der Waals surface area contributed by atoms with Gasteiger partial charge in [-0.1, -0.05) is 43.3 Å². The highest BCUT2D eigenvalue weighted by Crippen LogP contribution is 2.46. The Hall–Kier alpha value is -17.2. The van der Waals surface area contributed by atoms with Crippen molar-refractivity contribution in [2.45, 2.75) is 133 Å². The largest absolute Gasteiger partial charge is 0.497 e. The zero-order valence-corrected chi connectivity index (χ0v) is 80.4. The normalized spacial score (nSPS) is 14.6. The van der Waals surface area contributed by atoms with E-state index >= 15 is 0 Å². The number of aromatic nitrogens is 6. The predicted octanol–water partition coefficient (Wildman–Crippen LogP) is 4.21. The number of halogens is 1. The fraction of sp³-hybridized carbons (Fsp3) is 0.330. The molecule has 770 valence electrons. The Morgan fingerprint density at radius 1 is 0.644 bits per heavy atom. The van der Waals surface area contributed by atoms with Gasteiger partial charge in [-0.3, -0.25) is 91.6 Å². The van der Waals surface area contributed by atoms with Crippen LogP contribution in [0.15, 0.2) is 148 Å². The Morgan fingerprint density at radius 3 is 1.86 bits per heavy atom. The van der Waals surface area contributed by atoms with Crippen LogP contribution in [0.4, 0.5) is 33.5 Å². The number of aliphatic imine (C=N–C) groups is 1. The summed E-state index contributed by atoms with van der Waals surface area (Å²) in [6.45, 7) is 5.01. The maximum atomic E-state index is 14.2. The number of alkyl halides is 1. The lowest BCUT2D eigenvalue weighted by Gasteiger charge is -2.25. The van der Waals surface area contributed by atoms with Crippen LogP contribution >= 0.6 is 23.4 Å². The van der Waals surface area contributed by atoms with Gasteiger partial charge in [0.25, 0.3) is 23.3 Å². The first-order valence-electron chi connectivity index (χ1n) is 45.0. The summed E-state index contributed by atoms with van der Waals surface area (Å²) in [7, 11) is 2.69. The second-order valence-corrected chi connectivity index (χ2v) is 34.8. The number of carbonyl (C=O) groups is 17. The Morgan fingerprint density at radius 2 is 1.25 bits per heavy atom. The third kappa shape index (κ3) is 30.2. The fourth-order valence-electron chi connectivity index (χ4n) is 15.2. The number of ether oxygens (including phenoxy) is 4. The minimum atomic E-state index is -1.95. The number of fused-ring (bicyclic) bond motifs is 6. The van der Waals surface area contributed by atoms with E-state index in [0.717, 1.165) is 40.0 Å². The van der Waals surface area contributed by atoms with E-state index in [2.05, 4.69) is 88.0 Å². The number of aromatic amines is 3. The van der Waals surface area contributed by atoms with Crippen molar-refractivity contribution in [3.05, 3.63) is 178 Å². The number of nitrogens with zero attached hydrogens (tertiary/aromatic N) is 7. The van der Waals surface area contributed by atoms with Gasteiger partial charge in [-0.15, -0.1) is 23.4 Å². The van der Waals surface area contributed by atoms with Gasteiger partial charge in [0.1, 0.15) is 53.1 Å². The molecule has 10 aromatic rings. The zero-order valence-electron chi connectivity index (χ0n) is 78.8. The van der Waals surface area contributed by atoms with E-state index in [1.807, 2.05) is 29.6 Å². The minimum absolute atomic E-state index is 0.00939. The number of carboxylic acid groups (broad SMARTS) is 5. The van der Waals surface area contributed by atoms with Crippen molar-refractivity contribution in [3.63, 3.8) is 0 Å². The van der Waals surface area contributed by atoms with E-state index in [-0.39, 0.29) is 122 Å². The standard InChI is InChI=1S/C56H55ClN8O12S.C38H49N15O15/c1-30(54(71)72)29-78-48-26-49(67)64(53(48)70)18-20-76-55(33-9-13-39(74-4)14-10-33)75-19-17-31(2)62-63-56(73)59-38-12-16-42-34(22-38)23-44(60-42)51(68)58-37-11-15-43-35(21-37)24-45(61-43)52(69)65-28-36(27-57)50-41-8-6-5-7-40(41)47(25-46(50)65)77-32(3)66;1-42-31(62)21(11-25(55)56)50-34(65)23(13-27(59)60)51-32(63)19(3-2-10-43-37(39)40)48-33(64)22(12-26(57)58)47-24(54)9-8-20(36(67)68)49-30(61)16-4-6-17(7-5-16)44-14-18-15-45-29-28(46-18)35(66)53-38(41)52-29/h5-16,21-25,30,36,48,55,60-61H,17-20,26-29H2,1-4H3,(H,58,68)(H,71,72)(H2,59,63,73);4-7,15,19-23,44H,2-3,8-14H2,1H3,(H,42,62)(H,47,54)(H,48,64)(H,49,61)(H,50,65)(H,51,63)(H,55,56)(H,57,58)(H,59,60)(H,67,68)(H4,39,40,43)(H3,41,45,52,53,66)/b62-31-;/t30-,36?,48?,55?;19-,20-,21?,22-,23-/m10/s1. The number of hydrazone groups is 1. The van der Waals surface area contributed by atoms with Crippen LogP contribution in [0.1, 0.15) is 139 Å². The molecule has 2 aliphatic rings. The first-order valence-corrected chi connectivity index (χ1v) is 46.6. The molecule has 0 spiro atoms. The van der Waals surface area contributed by atoms with E-state index < -0.39 is 169 Å². The number of guanidine groups is 1. The summed E-state index contributed by atoms with van der Waals surface area (Å²) in [6, 6.07) is 26.3. The monoisotopic (exact) mass is 2050 g/mol. The smallest absolute Gasteiger partial charge is 0.339 e. The molecule has 0 bridgehead atoms. The molecule has 12 amide bonds. The van der Waals surface area contributed by atoms with Crippen LogP contribution in [-0.4, -0.2) is 267 Å². The van der Waals surface area contributed by atoms with Crippen molar-refractivity contribution in [2.24, 2.45) is 27.5 Å². The van der Waals surface area contributed by atoms with Gasteiger partial charge < -0.3 is 124 Å². The molecule has 6 heterocycles. The summed E-state index contributed by atoms with van der Waals surface area (Å²) in [6.07, 6.45) is -3.91. The van der Waals surface area contributed by atoms with E-state index in [1.165, 1.54) is 37.4 Å². The number of nitrogen functional groups attached to an aromatic ring is 1. The number of urea groups is 1. The number of amides is 12. The highest BCUT2D eigenvalue weighted by Gasteiger charge is 2.41. The van der Waals surface area contributed by atoms with Gasteiger partial charge in [0.2, 0.25) is 47.3 Å². The molecule has 6 aromatic carbocycles. The highest BCUT2D eigenvalue weighted by molar-refractivity contribution is 8.00. The quantitative estimate of drug-likeness (QED) is 0.00292. The number of imide groups is 1. The number of carboxylic acids is 5. The zero-order chi connectivity index (χ0) is 106. The lowest BCUT2D eigenvalue weighted by atomic mass is 9.95. The molecule has 2 aliphatic heterocycles. The van der Waals surface area contributed by atoms with Crippen molar-refractivity contribution in [2.75, 3.05) is 85.2 Å². The van der Waals surface area contributed by atoms with Gasteiger partial charge in [0, 0.05) is 131 Å². The number of nitrogens with one attached hydrogen (secondary N) is 13. The molecular formula is C94H104ClN23O27S. The first kappa shape index (κ1) is 109. The molecule has 4 unspecified atom stereocenters. The van der Waals surface area contributed by atoms with Crippen LogP contribution in [0.25, 0.3) is 43.7 Å². The molecule has 12 rings (SSSR count). The summed E-state index contributed by atoms with van der Waals surface area (Å²) in [4.78, 5) is 254. The van der Waals surface area contributed by atoms with Crippen LogP contribution in [0.3, 0.4) is 0 Å². The Balaban J connectivity index is 0.000000281. The number of aliphatic carboxylic acids is 5. The highest BCUT2D eigenvalue weighted by atomic mass is 35.5. The number of likely N-dealkylation sites (N-methyl/N-ethyl adjacent to an activating group) is 1. The molecule has 146 heavy (non-hydrogen) atoms. The van der Waals surface area contributed by atoms with Gasteiger partial charge in [0.05, 0.1) is 81.4 Å². The molecule has 4 aromatic heterocycles. The molecule has 0 aliphatic carbocycles. The minimum Gasteiger partial charge on any atom is -0.497 e. The maximum absolute atomic E-state index is 14.2. The van der Waals surface area contributed by atoms with Gasteiger partial charge in [-0.25, -0.2) is 25.0 Å². The lowest BCUT2D eigenvalue weighted by molar-refractivity contribution is -0.155. The van der Waals surface area contributed by atoms with Gasteiger partial charge in [0.15, 0.2) is 23.4 Å². The molecule has 0 saturated carbocycles. The van der Waals surface area contributed by atoms with Gasteiger partial charge in [-0.2, -0.15) is 10.1 Å². The van der Waals surface area contributed by atoms with Crippen LogP contribution in [0.2, 0.25) is 0 Å². The summed E-state index contributed by atoms with van der Waals surface area (Å²) in [5, 5.41) is 75.3. The number of rotatable bonds is 48. The molecule has 1 fully saturated rings. The van der Waals surface area contributed by atoms with E-state index in [0.29, 0.717) is 91.7 Å². The van der Waals surface area contributed by atoms with Crippen LogP contribution in [0.5, 0.6) is 11.5 Å². The number of hydrogen-bond donors (Lipinski definition) is 21. The molecule has 52 heteroatoms. The third-order valence-corrected chi connectivity index (χ3v) is 24.4. The number of anilines is 5. The number of thioether (sulfide) groups is 1. The summed E-state index contributed by atoms with van der Waals surface area (Å²) in [5.41, 5.74) is 24.6. The number of hydrogen-bond acceptors (Lipinski definition) is 30. The topological polar surface area (TPSA) is 761 Å². The van der Waals surface area contributed by atoms with Crippen molar-refractivity contribution < 1.29 is 126 Å².